The molecule has 8 heteroatoms. The summed E-state index contributed by atoms with van der Waals surface area (Å²) in [4.78, 5) is 21.9. The van der Waals surface area contributed by atoms with E-state index in [1.807, 2.05) is 55.1 Å². The standard InChI is InChI=1S/C24H30N6O2/c1-19-4-6-22(7-5-19)30-20(2)23(26-27-30)24(31)29(18-21-8-10-25-11-9-21)13-3-12-28-14-16-32-17-15-28/h4-11H,3,12-18H2,1-2H3. The van der Waals surface area contributed by atoms with Crippen molar-refractivity contribution in [2.75, 3.05) is 39.4 Å². The second-order valence-corrected chi connectivity index (χ2v) is 8.16. The van der Waals surface area contributed by atoms with Crippen LogP contribution in [-0.4, -0.2) is 75.1 Å². The number of aryl methyl sites for hydroxylation is 1. The fourth-order valence-electron chi connectivity index (χ4n) is 3.88. The second kappa shape index (κ2) is 10.5. The summed E-state index contributed by atoms with van der Waals surface area (Å²) >= 11 is 0. The number of aromatic nitrogens is 4. The molecule has 0 radical (unpaired) electrons. The summed E-state index contributed by atoms with van der Waals surface area (Å²) in [5.41, 5.74) is 4.25. The molecule has 1 fully saturated rings. The van der Waals surface area contributed by atoms with Crippen LogP contribution in [0, 0.1) is 13.8 Å². The van der Waals surface area contributed by atoms with Gasteiger partial charge >= 0.3 is 0 Å². The quantitative estimate of drug-likeness (QED) is 0.543. The summed E-state index contributed by atoms with van der Waals surface area (Å²) in [5.74, 6) is -0.0975. The van der Waals surface area contributed by atoms with Gasteiger partial charge in [0.2, 0.25) is 0 Å². The van der Waals surface area contributed by atoms with Crippen LogP contribution in [0.2, 0.25) is 0 Å². The van der Waals surface area contributed by atoms with E-state index in [2.05, 4.69) is 20.2 Å². The third kappa shape index (κ3) is 5.38. The van der Waals surface area contributed by atoms with E-state index < -0.39 is 0 Å². The van der Waals surface area contributed by atoms with Crippen LogP contribution in [0.1, 0.15) is 33.7 Å². The normalized spacial score (nSPS) is 14.4. The number of carbonyl (C=O) groups excluding carboxylic acids is 1. The molecule has 0 unspecified atom stereocenters. The molecule has 1 saturated heterocycles. The molecular formula is C24H30N6O2. The lowest BCUT2D eigenvalue weighted by Gasteiger charge is -2.28. The summed E-state index contributed by atoms with van der Waals surface area (Å²) in [7, 11) is 0. The maximum Gasteiger partial charge on any atom is 0.276 e. The van der Waals surface area contributed by atoms with E-state index in [0.717, 1.165) is 56.2 Å². The van der Waals surface area contributed by atoms with Crippen LogP contribution < -0.4 is 0 Å². The minimum atomic E-state index is -0.0975. The van der Waals surface area contributed by atoms with Crippen LogP contribution >= 0.6 is 0 Å². The summed E-state index contributed by atoms with van der Waals surface area (Å²) < 4.78 is 7.16. The van der Waals surface area contributed by atoms with Gasteiger partial charge in [0.05, 0.1) is 24.6 Å². The van der Waals surface area contributed by atoms with Crippen molar-refractivity contribution in [2.45, 2.75) is 26.8 Å². The highest BCUT2D eigenvalue weighted by atomic mass is 16.5. The molecule has 0 aliphatic carbocycles. The van der Waals surface area contributed by atoms with Gasteiger partial charge in [-0.05, 0) is 50.1 Å². The Morgan fingerprint density at radius 2 is 1.78 bits per heavy atom. The van der Waals surface area contributed by atoms with Gasteiger partial charge in [-0.1, -0.05) is 22.9 Å². The Morgan fingerprint density at radius 3 is 2.50 bits per heavy atom. The second-order valence-electron chi connectivity index (χ2n) is 8.16. The Balaban J connectivity index is 1.50. The van der Waals surface area contributed by atoms with E-state index in [4.69, 9.17) is 4.74 Å². The number of carbonyl (C=O) groups is 1. The SMILES string of the molecule is Cc1ccc(-n2nnc(C(=O)N(CCCN3CCOCC3)Cc3ccncc3)c2C)cc1. The van der Waals surface area contributed by atoms with Crippen molar-refractivity contribution in [2.24, 2.45) is 0 Å². The van der Waals surface area contributed by atoms with Gasteiger partial charge in [0.1, 0.15) is 0 Å². The average molecular weight is 435 g/mol. The number of amides is 1. The van der Waals surface area contributed by atoms with E-state index in [1.165, 1.54) is 5.56 Å². The summed E-state index contributed by atoms with van der Waals surface area (Å²) in [6, 6.07) is 11.9. The fourth-order valence-corrected chi connectivity index (χ4v) is 3.88. The number of benzene rings is 1. The lowest BCUT2D eigenvalue weighted by atomic mass is 10.2. The van der Waals surface area contributed by atoms with Crippen molar-refractivity contribution in [3.05, 3.63) is 71.3 Å². The van der Waals surface area contributed by atoms with Gasteiger partial charge in [0, 0.05) is 45.1 Å². The maximum absolute atomic E-state index is 13.5. The highest BCUT2D eigenvalue weighted by molar-refractivity contribution is 5.93. The van der Waals surface area contributed by atoms with E-state index in [-0.39, 0.29) is 5.91 Å². The Morgan fingerprint density at radius 1 is 1.06 bits per heavy atom. The minimum absolute atomic E-state index is 0.0975. The van der Waals surface area contributed by atoms with Gasteiger partial charge in [-0.2, -0.15) is 0 Å². The molecular weight excluding hydrogens is 404 g/mol. The number of morpholine rings is 1. The largest absolute Gasteiger partial charge is 0.379 e. The van der Waals surface area contributed by atoms with E-state index in [9.17, 15) is 4.79 Å². The molecule has 2 aromatic heterocycles. The molecule has 4 rings (SSSR count). The molecule has 8 nitrogen and oxygen atoms in total. The van der Waals surface area contributed by atoms with Crippen molar-refractivity contribution >= 4 is 5.91 Å². The highest BCUT2D eigenvalue weighted by Crippen LogP contribution is 2.16. The third-order valence-electron chi connectivity index (χ3n) is 5.79. The zero-order valence-corrected chi connectivity index (χ0v) is 18.8. The van der Waals surface area contributed by atoms with Crippen LogP contribution in [0.25, 0.3) is 5.69 Å². The number of hydrogen-bond donors (Lipinski definition) is 0. The molecule has 0 spiro atoms. The zero-order valence-electron chi connectivity index (χ0n) is 18.8. The molecule has 0 atom stereocenters. The first-order valence-corrected chi connectivity index (χ1v) is 11.1. The Hall–Kier alpha value is -3.10. The van der Waals surface area contributed by atoms with Crippen molar-refractivity contribution < 1.29 is 9.53 Å². The number of rotatable bonds is 8. The monoisotopic (exact) mass is 434 g/mol. The Kier molecular flexibility index (Phi) is 7.24. The molecule has 3 aromatic rings. The molecule has 0 saturated carbocycles. The Bertz CT molecular complexity index is 1010. The molecule has 1 aliphatic heterocycles. The maximum atomic E-state index is 13.5. The first kappa shape index (κ1) is 22.1. The first-order chi connectivity index (χ1) is 15.6. The predicted molar refractivity (Wildman–Crippen MR) is 122 cm³/mol. The summed E-state index contributed by atoms with van der Waals surface area (Å²) in [6.45, 7) is 9.49. The highest BCUT2D eigenvalue weighted by Gasteiger charge is 2.23. The van der Waals surface area contributed by atoms with Gasteiger partial charge in [-0.3, -0.25) is 14.7 Å². The van der Waals surface area contributed by atoms with Crippen molar-refractivity contribution in [1.29, 1.82) is 0 Å². The van der Waals surface area contributed by atoms with Crippen LogP contribution in [0.5, 0.6) is 0 Å². The van der Waals surface area contributed by atoms with E-state index >= 15 is 0 Å². The molecule has 0 N–H and O–H groups in total. The Labute approximate surface area is 188 Å². The number of nitrogens with zero attached hydrogens (tertiary/aromatic N) is 6. The lowest BCUT2D eigenvalue weighted by Crippen LogP contribution is -2.39. The molecule has 1 aliphatic rings. The fraction of sp³-hybridized carbons (Fsp3) is 0.417. The summed E-state index contributed by atoms with van der Waals surface area (Å²) in [5, 5.41) is 8.52. The average Bonchev–Trinajstić information content (AvgIpc) is 3.21. The lowest BCUT2D eigenvalue weighted by molar-refractivity contribution is 0.0355. The van der Waals surface area contributed by atoms with Gasteiger partial charge in [-0.25, -0.2) is 4.68 Å². The van der Waals surface area contributed by atoms with Crippen molar-refractivity contribution in [3.63, 3.8) is 0 Å². The van der Waals surface area contributed by atoms with E-state index in [0.29, 0.717) is 18.8 Å². The van der Waals surface area contributed by atoms with Crippen LogP contribution in [0.15, 0.2) is 48.8 Å². The number of ether oxygens (including phenoxy) is 1. The first-order valence-electron chi connectivity index (χ1n) is 11.1. The van der Waals surface area contributed by atoms with E-state index in [1.54, 1.807) is 17.1 Å². The smallest absolute Gasteiger partial charge is 0.276 e. The van der Waals surface area contributed by atoms with Crippen LogP contribution in [0.4, 0.5) is 0 Å². The molecule has 3 heterocycles. The van der Waals surface area contributed by atoms with Gasteiger partial charge < -0.3 is 9.64 Å². The number of hydrogen-bond acceptors (Lipinski definition) is 6. The topological polar surface area (TPSA) is 76.4 Å². The summed E-state index contributed by atoms with van der Waals surface area (Å²) in [6.07, 6.45) is 4.40. The minimum Gasteiger partial charge on any atom is -0.379 e. The van der Waals surface area contributed by atoms with Crippen molar-refractivity contribution in [3.8, 4) is 5.69 Å². The van der Waals surface area contributed by atoms with Crippen molar-refractivity contribution in [1.82, 2.24) is 29.8 Å². The van der Waals surface area contributed by atoms with Crippen LogP contribution in [0.3, 0.4) is 0 Å². The molecule has 1 amide bonds. The van der Waals surface area contributed by atoms with Crippen LogP contribution in [-0.2, 0) is 11.3 Å². The zero-order chi connectivity index (χ0) is 22.3. The third-order valence-corrected chi connectivity index (χ3v) is 5.79. The number of pyridine rings is 1. The molecule has 1 aromatic carbocycles. The molecule has 32 heavy (non-hydrogen) atoms. The molecule has 0 bridgehead atoms. The predicted octanol–water partition coefficient (Wildman–Crippen LogP) is 2.64. The van der Waals surface area contributed by atoms with Gasteiger partial charge in [-0.15, -0.1) is 5.10 Å². The van der Waals surface area contributed by atoms with Gasteiger partial charge in [0.25, 0.3) is 5.91 Å². The molecule has 168 valence electrons. The van der Waals surface area contributed by atoms with Gasteiger partial charge in [0.15, 0.2) is 5.69 Å².